The Hall–Kier alpha value is -3.02. The number of methoxy groups -OCH3 is 1. The van der Waals surface area contributed by atoms with Gasteiger partial charge in [-0.1, -0.05) is 42.5 Å². The topological polar surface area (TPSA) is 61.9 Å². The quantitative estimate of drug-likeness (QED) is 0.766. The van der Waals surface area contributed by atoms with E-state index in [2.05, 4.69) is 17.4 Å². The van der Waals surface area contributed by atoms with Crippen molar-refractivity contribution in [2.45, 2.75) is 45.2 Å². The highest BCUT2D eigenvalue weighted by Crippen LogP contribution is 2.41. The first-order valence-electron chi connectivity index (χ1n) is 11.5. The van der Waals surface area contributed by atoms with Crippen LogP contribution in [0.4, 0.5) is 4.79 Å². The number of ether oxygens (including phenoxy) is 1. The maximum Gasteiger partial charge on any atom is 0.317 e. The van der Waals surface area contributed by atoms with Crippen molar-refractivity contribution in [3.8, 4) is 5.75 Å². The van der Waals surface area contributed by atoms with Crippen LogP contribution in [0.1, 0.15) is 43.2 Å². The van der Waals surface area contributed by atoms with Gasteiger partial charge < -0.3 is 19.9 Å². The number of benzene rings is 2. The number of piperidine rings is 1. The van der Waals surface area contributed by atoms with E-state index in [9.17, 15) is 9.59 Å². The van der Waals surface area contributed by atoms with E-state index in [-0.39, 0.29) is 17.4 Å². The molecule has 0 aliphatic carbocycles. The molecule has 6 heteroatoms. The summed E-state index contributed by atoms with van der Waals surface area (Å²) in [6, 6.07) is 17.9. The van der Waals surface area contributed by atoms with Gasteiger partial charge in [0.05, 0.1) is 7.11 Å². The molecule has 0 radical (unpaired) electrons. The largest absolute Gasteiger partial charge is 0.497 e. The second-order valence-electron chi connectivity index (χ2n) is 9.05. The molecular weight excluding hydrogens is 402 g/mol. The van der Waals surface area contributed by atoms with E-state index in [0.717, 1.165) is 56.6 Å². The van der Waals surface area contributed by atoms with Gasteiger partial charge in [-0.3, -0.25) is 4.79 Å². The molecule has 0 aromatic heterocycles. The van der Waals surface area contributed by atoms with Crippen LogP contribution in [-0.2, 0) is 17.9 Å². The van der Waals surface area contributed by atoms with Crippen LogP contribution in [0.5, 0.6) is 5.75 Å². The van der Waals surface area contributed by atoms with Gasteiger partial charge in [-0.05, 0) is 54.4 Å². The van der Waals surface area contributed by atoms with Crippen molar-refractivity contribution in [1.29, 1.82) is 0 Å². The number of hydrogen-bond donors (Lipinski definition) is 1. The third-order valence-electron chi connectivity index (χ3n) is 7.04. The van der Waals surface area contributed by atoms with Gasteiger partial charge in [0.2, 0.25) is 5.91 Å². The fourth-order valence-corrected chi connectivity index (χ4v) is 4.88. The Bertz CT molecular complexity index is 923. The monoisotopic (exact) mass is 435 g/mol. The van der Waals surface area contributed by atoms with Crippen LogP contribution in [-0.4, -0.2) is 48.5 Å². The molecule has 2 aromatic rings. The van der Waals surface area contributed by atoms with Crippen LogP contribution in [0, 0.1) is 5.41 Å². The van der Waals surface area contributed by atoms with Gasteiger partial charge in [-0.2, -0.15) is 0 Å². The normalized spacial score (nSPS) is 18.3. The van der Waals surface area contributed by atoms with E-state index < -0.39 is 0 Å². The molecule has 2 saturated heterocycles. The molecule has 1 spiro atoms. The Morgan fingerprint density at radius 1 is 0.969 bits per heavy atom. The molecule has 3 amide bonds. The Labute approximate surface area is 190 Å². The minimum Gasteiger partial charge on any atom is -0.497 e. The average Bonchev–Trinajstić information content (AvgIpc) is 2.98. The molecule has 6 nitrogen and oxygen atoms in total. The van der Waals surface area contributed by atoms with Gasteiger partial charge >= 0.3 is 6.03 Å². The third-order valence-corrected chi connectivity index (χ3v) is 7.04. The fraction of sp³-hybridized carbons (Fsp3) is 0.462. The van der Waals surface area contributed by atoms with Crippen molar-refractivity contribution in [3.63, 3.8) is 0 Å². The molecule has 0 bridgehead atoms. The average molecular weight is 436 g/mol. The molecule has 0 unspecified atom stereocenters. The number of nitrogens with zero attached hydrogens (tertiary/aromatic N) is 2. The first-order chi connectivity index (χ1) is 15.6. The summed E-state index contributed by atoms with van der Waals surface area (Å²) >= 11 is 0. The Balaban J connectivity index is 1.27. The number of likely N-dealkylation sites (tertiary alicyclic amines) is 2. The number of carbonyl (C=O) groups is 2. The molecule has 32 heavy (non-hydrogen) atoms. The van der Waals surface area contributed by atoms with Gasteiger partial charge in [0.1, 0.15) is 5.75 Å². The van der Waals surface area contributed by atoms with E-state index in [1.165, 1.54) is 5.56 Å². The first-order valence-corrected chi connectivity index (χ1v) is 11.5. The van der Waals surface area contributed by atoms with Gasteiger partial charge in [-0.25, -0.2) is 4.79 Å². The molecular formula is C26H33N3O3. The Morgan fingerprint density at radius 2 is 1.69 bits per heavy atom. The smallest absolute Gasteiger partial charge is 0.317 e. The number of hydrogen-bond acceptors (Lipinski definition) is 3. The zero-order valence-electron chi connectivity index (χ0n) is 18.9. The summed E-state index contributed by atoms with van der Waals surface area (Å²) in [6.45, 7) is 3.47. The van der Waals surface area contributed by atoms with Crippen molar-refractivity contribution in [1.82, 2.24) is 15.1 Å². The number of nitrogens with one attached hydrogen (secondary N) is 1. The van der Waals surface area contributed by atoms with Crippen LogP contribution in [0.3, 0.4) is 0 Å². The maximum atomic E-state index is 12.7. The minimum absolute atomic E-state index is 0.0157. The van der Waals surface area contributed by atoms with E-state index >= 15 is 0 Å². The molecule has 0 atom stereocenters. The molecule has 1 N–H and O–H groups in total. The minimum atomic E-state index is -0.0157. The second-order valence-corrected chi connectivity index (χ2v) is 9.05. The van der Waals surface area contributed by atoms with E-state index in [4.69, 9.17) is 4.74 Å². The van der Waals surface area contributed by atoms with Gasteiger partial charge in [0.25, 0.3) is 0 Å². The standard InChI is InChI=1S/C26H33N3O3/c1-32-23-9-5-8-22(18-23)19-27-25(31)28-15-12-26(13-16-28)11-10-24(30)29(17-14-26)20-21-6-3-2-4-7-21/h2-9,18H,10-17,19-20H2,1H3,(H,27,31). The molecule has 170 valence electrons. The van der Waals surface area contributed by atoms with E-state index in [1.54, 1.807) is 7.11 Å². The number of rotatable bonds is 5. The summed E-state index contributed by atoms with van der Waals surface area (Å²) in [5, 5.41) is 3.03. The van der Waals surface area contributed by atoms with Crippen LogP contribution in [0.15, 0.2) is 54.6 Å². The van der Waals surface area contributed by atoms with Crippen molar-refractivity contribution >= 4 is 11.9 Å². The van der Waals surface area contributed by atoms with Crippen LogP contribution in [0.2, 0.25) is 0 Å². The predicted octanol–water partition coefficient (Wildman–Crippen LogP) is 4.20. The third kappa shape index (κ3) is 5.42. The summed E-state index contributed by atoms with van der Waals surface area (Å²) in [7, 11) is 1.64. The fourth-order valence-electron chi connectivity index (χ4n) is 4.88. The molecule has 2 heterocycles. The first kappa shape index (κ1) is 22.2. The van der Waals surface area contributed by atoms with E-state index in [1.807, 2.05) is 52.3 Å². The summed E-state index contributed by atoms with van der Waals surface area (Å²) < 4.78 is 5.25. The highest BCUT2D eigenvalue weighted by molar-refractivity contribution is 5.76. The number of urea groups is 1. The summed E-state index contributed by atoms with van der Waals surface area (Å²) in [5.41, 5.74) is 2.37. The summed E-state index contributed by atoms with van der Waals surface area (Å²) in [6.07, 6.45) is 4.48. The van der Waals surface area contributed by atoms with Crippen molar-refractivity contribution in [3.05, 3.63) is 65.7 Å². The molecule has 2 fully saturated rings. The molecule has 2 aliphatic heterocycles. The number of carbonyl (C=O) groups excluding carboxylic acids is 2. The lowest BCUT2D eigenvalue weighted by molar-refractivity contribution is -0.131. The van der Waals surface area contributed by atoms with Crippen molar-refractivity contribution < 1.29 is 14.3 Å². The zero-order chi connectivity index (χ0) is 22.4. The number of amides is 3. The SMILES string of the molecule is COc1cccc(CNC(=O)N2CCC3(CCC(=O)N(Cc4ccccc4)CC3)CC2)c1. The Kier molecular flexibility index (Phi) is 6.98. The van der Waals surface area contributed by atoms with Gasteiger partial charge in [0.15, 0.2) is 0 Å². The molecule has 2 aliphatic rings. The van der Waals surface area contributed by atoms with Crippen LogP contribution >= 0.6 is 0 Å². The Morgan fingerprint density at radius 3 is 2.44 bits per heavy atom. The van der Waals surface area contributed by atoms with Crippen molar-refractivity contribution in [2.24, 2.45) is 5.41 Å². The lowest BCUT2D eigenvalue weighted by Crippen LogP contribution is -2.47. The van der Waals surface area contributed by atoms with E-state index in [0.29, 0.717) is 19.5 Å². The van der Waals surface area contributed by atoms with Crippen molar-refractivity contribution in [2.75, 3.05) is 26.7 Å². The maximum absolute atomic E-state index is 12.7. The lowest BCUT2D eigenvalue weighted by Gasteiger charge is -2.41. The molecule has 2 aromatic carbocycles. The zero-order valence-corrected chi connectivity index (χ0v) is 18.9. The van der Waals surface area contributed by atoms with Crippen LogP contribution < -0.4 is 10.1 Å². The second kappa shape index (κ2) is 10.1. The van der Waals surface area contributed by atoms with Gasteiger partial charge in [0, 0.05) is 39.1 Å². The lowest BCUT2D eigenvalue weighted by atomic mass is 9.73. The highest BCUT2D eigenvalue weighted by atomic mass is 16.5. The highest BCUT2D eigenvalue weighted by Gasteiger charge is 2.38. The predicted molar refractivity (Wildman–Crippen MR) is 124 cm³/mol. The summed E-state index contributed by atoms with van der Waals surface area (Å²) in [5.74, 6) is 1.05. The molecule has 0 saturated carbocycles. The van der Waals surface area contributed by atoms with Gasteiger partial charge in [-0.15, -0.1) is 0 Å². The van der Waals surface area contributed by atoms with Crippen LogP contribution in [0.25, 0.3) is 0 Å². The summed E-state index contributed by atoms with van der Waals surface area (Å²) in [4.78, 5) is 29.3. The molecule has 4 rings (SSSR count).